The van der Waals surface area contributed by atoms with Crippen LogP contribution in [0.1, 0.15) is 25.3 Å². The topological polar surface area (TPSA) is 92.0 Å². The van der Waals surface area contributed by atoms with Crippen LogP contribution in [0.5, 0.6) is 5.75 Å². The van der Waals surface area contributed by atoms with Crippen LogP contribution in [0.15, 0.2) is 70.4 Å². The van der Waals surface area contributed by atoms with Crippen LogP contribution in [-0.2, 0) is 11.2 Å². The molecule has 1 aliphatic heterocycles. The fourth-order valence-electron chi connectivity index (χ4n) is 3.55. The Morgan fingerprint density at radius 3 is 2.78 bits per heavy atom. The number of nitrogens with zero attached hydrogens (tertiary/aromatic N) is 3. The number of amides is 1. The van der Waals surface area contributed by atoms with Gasteiger partial charge in [0.15, 0.2) is 5.76 Å². The number of benzene rings is 2. The van der Waals surface area contributed by atoms with Gasteiger partial charge in [-0.25, -0.2) is 5.53 Å². The van der Waals surface area contributed by atoms with Crippen LogP contribution in [0, 0.1) is 0 Å². The van der Waals surface area contributed by atoms with E-state index in [1.54, 1.807) is 6.20 Å². The predicted octanol–water partition coefficient (Wildman–Crippen LogP) is 3.88. The summed E-state index contributed by atoms with van der Waals surface area (Å²) in [6, 6.07) is 17.4. The van der Waals surface area contributed by atoms with Gasteiger partial charge in [0.2, 0.25) is 5.91 Å². The maximum Gasteiger partial charge on any atom is 0.224 e. The summed E-state index contributed by atoms with van der Waals surface area (Å²) in [7, 11) is 0. The van der Waals surface area contributed by atoms with Crippen molar-refractivity contribution in [1.29, 1.82) is 0 Å². The lowest BCUT2D eigenvalue weighted by Gasteiger charge is -2.20. The van der Waals surface area contributed by atoms with E-state index in [1.807, 2.05) is 60.8 Å². The highest BCUT2D eigenvalue weighted by Gasteiger charge is 2.19. The predicted molar refractivity (Wildman–Crippen MR) is 123 cm³/mol. The van der Waals surface area contributed by atoms with E-state index in [0.717, 1.165) is 35.5 Å². The first-order chi connectivity index (χ1) is 15.7. The van der Waals surface area contributed by atoms with Crippen LogP contribution >= 0.6 is 0 Å². The second-order valence-corrected chi connectivity index (χ2v) is 7.49. The van der Waals surface area contributed by atoms with Gasteiger partial charge in [-0.2, -0.15) is 10.1 Å². The third-order valence-electron chi connectivity index (χ3n) is 5.30. The molecule has 0 fully saturated rings. The molecule has 1 aliphatic rings. The molecular weight excluding hydrogens is 406 g/mol. The van der Waals surface area contributed by atoms with Crippen LogP contribution in [0.3, 0.4) is 0 Å². The molecule has 2 aromatic carbocycles. The van der Waals surface area contributed by atoms with Crippen molar-refractivity contribution in [3.05, 3.63) is 66.4 Å². The second-order valence-electron chi connectivity index (χ2n) is 7.49. The summed E-state index contributed by atoms with van der Waals surface area (Å²) in [5.41, 5.74) is 5.57. The molecule has 32 heavy (non-hydrogen) atoms. The molecule has 0 aliphatic carbocycles. The fourth-order valence-corrected chi connectivity index (χ4v) is 3.55. The van der Waals surface area contributed by atoms with Crippen LogP contribution in [-0.4, -0.2) is 41.5 Å². The molecule has 8 nitrogen and oxygen atoms in total. The lowest BCUT2D eigenvalue weighted by molar-refractivity contribution is -0.116. The van der Waals surface area contributed by atoms with Crippen LogP contribution in [0.25, 0.3) is 11.3 Å². The number of hydrazone groups is 1. The van der Waals surface area contributed by atoms with Crippen molar-refractivity contribution in [2.75, 3.05) is 18.5 Å². The molecule has 1 amide bonds. The average Bonchev–Trinajstić information content (AvgIpc) is 3.48. The summed E-state index contributed by atoms with van der Waals surface area (Å²) < 4.78 is 11.2. The maximum absolute atomic E-state index is 12.4. The molecular formula is C24H27N5O3. The number of aryl methyl sites for hydroxylation is 1. The van der Waals surface area contributed by atoms with Gasteiger partial charge in [0.05, 0.1) is 18.8 Å². The maximum atomic E-state index is 12.4. The molecule has 3 aromatic rings. The number of rotatable bonds is 10. The number of hydrogen-bond donors (Lipinski definition) is 2. The molecule has 1 aromatic heterocycles. The van der Waals surface area contributed by atoms with Gasteiger partial charge in [0.1, 0.15) is 5.75 Å². The Labute approximate surface area is 187 Å². The van der Waals surface area contributed by atoms with Gasteiger partial charge in [-0.1, -0.05) is 42.4 Å². The van der Waals surface area contributed by atoms with E-state index in [9.17, 15) is 4.79 Å². The summed E-state index contributed by atoms with van der Waals surface area (Å²) in [5.74, 6) is 1.42. The van der Waals surface area contributed by atoms with Crippen molar-refractivity contribution >= 4 is 17.8 Å². The normalized spacial score (nSPS) is 15.5. The number of hydrogen-bond acceptors (Lipinski definition) is 7. The minimum Gasteiger partial charge on any atom is -0.494 e. The summed E-state index contributed by atoms with van der Waals surface area (Å²) in [4.78, 5) is 12.4. The lowest BCUT2D eigenvalue weighted by atomic mass is 10.1. The number of ether oxygens (including phenoxy) is 1. The van der Waals surface area contributed by atoms with Crippen LogP contribution in [0.2, 0.25) is 0 Å². The second kappa shape index (κ2) is 10.6. The van der Waals surface area contributed by atoms with E-state index in [2.05, 4.69) is 33.0 Å². The third-order valence-corrected chi connectivity index (χ3v) is 5.30. The Morgan fingerprint density at radius 2 is 2.00 bits per heavy atom. The Morgan fingerprint density at radius 1 is 1.19 bits per heavy atom. The van der Waals surface area contributed by atoms with Gasteiger partial charge < -0.3 is 14.6 Å². The largest absolute Gasteiger partial charge is 0.494 e. The van der Waals surface area contributed by atoms with E-state index in [4.69, 9.17) is 9.26 Å². The van der Waals surface area contributed by atoms with Gasteiger partial charge in [0, 0.05) is 42.4 Å². The number of aromatic nitrogens is 1. The van der Waals surface area contributed by atoms with Crippen molar-refractivity contribution in [1.82, 2.24) is 15.7 Å². The Balaban J connectivity index is 1.22. The van der Waals surface area contributed by atoms with Gasteiger partial charge in [-0.3, -0.25) is 4.79 Å². The number of carbonyl (C=O) groups is 1. The minimum absolute atomic E-state index is 0.0634. The number of carbonyl (C=O) groups excluding carboxylic acids is 1. The summed E-state index contributed by atoms with van der Waals surface area (Å²) in [5, 5.41) is 13.0. The monoisotopic (exact) mass is 433 g/mol. The van der Waals surface area contributed by atoms with E-state index in [0.29, 0.717) is 25.2 Å². The number of hydrazine groups is 1. The van der Waals surface area contributed by atoms with Gasteiger partial charge >= 0.3 is 0 Å². The molecule has 4 rings (SSSR count). The molecule has 2 N–H and O–H groups in total. The molecule has 0 spiro atoms. The fraction of sp³-hybridized carbons (Fsp3) is 0.292. The smallest absolute Gasteiger partial charge is 0.224 e. The van der Waals surface area contributed by atoms with Crippen molar-refractivity contribution in [3.63, 3.8) is 0 Å². The Bertz CT molecular complexity index is 1030. The zero-order valence-corrected chi connectivity index (χ0v) is 18.0. The zero-order valence-electron chi connectivity index (χ0n) is 18.0. The average molecular weight is 434 g/mol. The van der Waals surface area contributed by atoms with Crippen molar-refractivity contribution < 1.29 is 14.1 Å². The third kappa shape index (κ3) is 5.53. The molecule has 0 saturated heterocycles. The first kappa shape index (κ1) is 21.6. The highest BCUT2D eigenvalue weighted by molar-refractivity contribution is 5.91. The van der Waals surface area contributed by atoms with Gasteiger partial charge in [-0.05, 0) is 30.7 Å². The Hall–Kier alpha value is -3.65. The number of nitrogens with one attached hydrogen (secondary N) is 2. The molecule has 8 heteroatoms. The Kier molecular flexibility index (Phi) is 7.14. The zero-order chi connectivity index (χ0) is 22.2. The van der Waals surface area contributed by atoms with Crippen LogP contribution < -0.4 is 15.6 Å². The van der Waals surface area contributed by atoms with Crippen LogP contribution in [0.4, 0.5) is 5.69 Å². The molecule has 166 valence electrons. The van der Waals surface area contributed by atoms with E-state index < -0.39 is 0 Å². The molecule has 1 unspecified atom stereocenters. The highest BCUT2D eigenvalue weighted by Crippen LogP contribution is 2.24. The summed E-state index contributed by atoms with van der Waals surface area (Å²) >= 11 is 0. The molecule has 2 heterocycles. The quantitative estimate of drug-likeness (QED) is 0.504. The number of anilines is 1. The molecule has 0 saturated carbocycles. The lowest BCUT2D eigenvalue weighted by Crippen LogP contribution is -2.38. The van der Waals surface area contributed by atoms with E-state index in [1.165, 1.54) is 0 Å². The molecule has 0 radical (unpaired) electrons. The summed E-state index contributed by atoms with van der Waals surface area (Å²) in [6.07, 6.45) is 5.30. The first-order valence-electron chi connectivity index (χ1n) is 10.8. The molecule has 1 atom stereocenters. The standard InChI is InChI=1S/C24H27N5O3/c1-2-29-21(17-25-28-29)14-15-31-22-11-9-20(10-12-22)27-23(30)13-8-19-16-26-32-24(19)18-6-4-3-5-7-18/h3-7,9-12,16-17,21,28H,2,8,13-15H2,1H3,(H,27,30). The van der Waals surface area contributed by atoms with Crippen molar-refractivity contribution in [3.8, 4) is 17.1 Å². The van der Waals surface area contributed by atoms with Crippen molar-refractivity contribution in [2.45, 2.75) is 32.2 Å². The van der Waals surface area contributed by atoms with Gasteiger partial charge in [0.25, 0.3) is 0 Å². The SMILES string of the molecule is CCN1NN=CC1CCOc1ccc(NC(=O)CCc2cnoc2-c2ccccc2)cc1. The highest BCUT2D eigenvalue weighted by atomic mass is 16.5. The van der Waals surface area contributed by atoms with E-state index >= 15 is 0 Å². The minimum atomic E-state index is -0.0634. The first-order valence-corrected chi connectivity index (χ1v) is 10.8. The van der Waals surface area contributed by atoms with Crippen molar-refractivity contribution in [2.24, 2.45) is 5.10 Å². The van der Waals surface area contributed by atoms with E-state index in [-0.39, 0.29) is 11.9 Å². The van der Waals surface area contributed by atoms with Gasteiger partial charge in [-0.15, -0.1) is 0 Å². The summed E-state index contributed by atoms with van der Waals surface area (Å²) in [6.45, 7) is 3.55. The molecule has 0 bridgehead atoms.